The molecule has 1 aromatic rings. The van der Waals surface area contributed by atoms with E-state index in [-0.39, 0.29) is 17.9 Å². The molecule has 2 rings (SSSR count). The lowest BCUT2D eigenvalue weighted by molar-refractivity contribution is -0.141. The number of carboxylic acids is 1. The number of ether oxygens (including phenoxy) is 2. The van der Waals surface area contributed by atoms with Gasteiger partial charge in [0.15, 0.2) is 0 Å². The molecule has 1 aliphatic heterocycles. The third kappa shape index (κ3) is 3.62. The van der Waals surface area contributed by atoms with Crippen molar-refractivity contribution in [1.29, 1.82) is 0 Å². The number of allylic oxidation sites excluding steroid dienone is 2. The lowest BCUT2D eigenvalue weighted by Gasteiger charge is -2.16. The first kappa shape index (κ1) is 18.8. The van der Waals surface area contributed by atoms with Gasteiger partial charge in [0.25, 0.3) is 0 Å². The zero-order valence-corrected chi connectivity index (χ0v) is 15.0. The van der Waals surface area contributed by atoms with E-state index in [2.05, 4.69) is 0 Å². The average molecular weight is 348 g/mol. The number of rotatable bonds is 7. The van der Waals surface area contributed by atoms with Crippen molar-refractivity contribution in [2.75, 3.05) is 7.11 Å². The average Bonchev–Trinajstić information content (AvgIpc) is 2.96. The molecule has 25 heavy (non-hydrogen) atoms. The Morgan fingerprint density at radius 3 is 2.68 bits per heavy atom. The number of esters is 1. The van der Waals surface area contributed by atoms with E-state index in [0.29, 0.717) is 36.1 Å². The molecule has 0 saturated carbocycles. The fraction of sp³-hybridized carbons (Fsp3) is 0.474. The summed E-state index contributed by atoms with van der Waals surface area (Å²) in [6.45, 7) is 5.67. The van der Waals surface area contributed by atoms with Crippen molar-refractivity contribution in [1.82, 2.24) is 0 Å². The Labute approximate surface area is 147 Å². The molecule has 2 N–H and O–H groups in total. The van der Waals surface area contributed by atoms with Gasteiger partial charge >= 0.3 is 11.9 Å². The van der Waals surface area contributed by atoms with E-state index in [0.717, 1.165) is 11.1 Å². The number of cyclic esters (lactones) is 1. The van der Waals surface area contributed by atoms with Crippen molar-refractivity contribution in [3.63, 3.8) is 0 Å². The highest BCUT2D eigenvalue weighted by atomic mass is 16.5. The standard InChI is InChI=1S/C19H24O6/c1-5-12(18(21)22)8-10(2)6-7-13-16(20)15-14(9-25-19(15)23)11(3)17(13)24-4/h6,12,20H,5,7-9H2,1-4H3,(H,21,22). The van der Waals surface area contributed by atoms with E-state index in [1.165, 1.54) is 7.11 Å². The molecular formula is C19H24O6. The van der Waals surface area contributed by atoms with Gasteiger partial charge in [-0.3, -0.25) is 4.79 Å². The molecule has 136 valence electrons. The maximum absolute atomic E-state index is 11.9. The lowest BCUT2D eigenvalue weighted by atomic mass is 9.93. The number of phenolic OH excluding ortho intramolecular Hbond substituents is 1. The lowest BCUT2D eigenvalue weighted by Crippen LogP contribution is -2.12. The largest absolute Gasteiger partial charge is 0.507 e. The third-order valence-electron chi connectivity index (χ3n) is 4.71. The Morgan fingerprint density at radius 1 is 1.44 bits per heavy atom. The van der Waals surface area contributed by atoms with Crippen LogP contribution in [0.1, 0.15) is 53.7 Å². The summed E-state index contributed by atoms with van der Waals surface area (Å²) in [4.78, 5) is 23.0. The predicted molar refractivity (Wildman–Crippen MR) is 92.0 cm³/mol. The summed E-state index contributed by atoms with van der Waals surface area (Å²) in [6.07, 6.45) is 3.22. The van der Waals surface area contributed by atoms with Crippen LogP contribution in [0.3, 0.4) is 0 Å². The van der Waals surface area contributed by atoms with Gasteiger partial charge in [-0.2, -0.15) is 0 Å². The second-order valence-electron chi connectivity index (χ2n) is 6.32. The molecule has 0 fully saturated rings. The van der Waals surface area contributed by atoms with Crippen LogP contribution in [0.2, 0.25) is 0 Å². The number of aromatic hydroxyl groups is 1. The van der Waals surface area contributed by atoms with Crippen LogP contribution in [0.15, 0.2) is 11.6 Å². The van der Waals surface area contributed by atoms with Gasteiger partial charge in [0.1, 0.15) is 23.7 Å². The van der Waals surface area contributed by atoms with Gasteiger partial charge in [-0.15, -0.1) is 0 Å². The quantitative estimate of drug-likeness (QED) is 0.580. The van der Waals surface area contributed by atoms with E-state index >= 15 is 0 Å². The highest BCUT2D eigenvalue weighted by molar-refractivity contribution is 5.98. The third-order valence-corrected chi connectivity index (χ3v) is 4.71. The highest BCUT2D eigenvalue weighted by Crippen LogP contribution is 2.42. The Hall–Kier alpha value is -2.50. The summed E-state index contributed by atoms with van der Waals surface area (Å²) in [7, 11) is 1.52. The van der Waals surface area contributed by atoms with Crippen LogP contribution in [-0.2, 0) is 22.6 Å². The van der Waals surface area contributed by atoms with Crippen molar-refractivity contribution in [2.24, 2.45) is 5.92 Å². The molecule has 1 aromatic carbocycles. The van der Waals surface area contributed by atoms with Crippen LogP contribution in [0.5, 0.6) is 11.5 Å². The topological polar surface area (TPSA) is 93.1 Å². The Kier molecular flexibility index (Phi) is 5.72. The summed E-state index contributed by atoms with van der Waals surface area (Å²) in [5.41, 5.74) is 3.06. The summed E-state index contributed by atoms with van der Waals surface area (Å²) < 4.78 is 10.5. The molecule has 6 heteroatoms. The van der Waals surface area contributed by atoms with E-state index < -0.39 is 17.9 Å². The number of hydrogen-bond donors (Lipinski definition) is 2. The van der Waals surface area contributed by atoms with Gasteiger partial charge in [0.2, 0.25) is 0 Å². The number of fused-ring (bicyclic) bond motifs is 1. The molecule has 1 unspecified atom stereocenters. The molecule has 0 spiro atoms. The maximum Gasteiger partial charge on any atom is 0.342 e. The van der Waals surface area contributed by atoms with Crippen LogP contribution in [-0.4, -0.2) is 29.3 Å². The number of hydrogen-bond acceptors (Lipinski definition) is 5. The zero-order chi connectivity index (χ0) is 18.7. The number of carbonyl (C=O) groups excluding carboxylic acids is 1. The molecule has 0 bridgehead atoms. The minimum atomic E-state index is -0.813. The van der Waals surface area contributed by atoms with Crippen molar-refractivity contribution >= 4 is 11.9 Å². The first-order chi connectivity index (χ1) is 11.8. The normalized spacial score (nSPS) is 14.9. The first-order valence-electron chi connectivity index (χ1n) is 8.28. The molecule has 1 heterocycles. The van der Waals surface area contributed by atoms with E-state index in [4.69, 9.17) is 14.6 Å². The number of aliphatic carboxylic acids is 1. The fourth-order valence-corrected chi connectivity index (χ4v) is 3.18. The van der Waals surface area contributed by atoms with Crippen molar-refractivity contribution in [3.05, 3.63) is 33.9 Å². The second kappa shape index (κ2) is 7.59. The summed E-state index contributed by atoms with van der Waals surface area (Å²) in [5, 5.41) is 19.7. The van der Waals surface area contributed by atoms with E-state index in [9.17, 15) is 14.7 Å². The SMILES string of the molecule is CCC(CC(C)=CCc1c(O)c2c(c(C)c1OC)COC2=O)C(=O)O. The number of benzene rings is 1. The Bertz CT molecular complexity index is 732. The molecule has 0 aliphatic carbocycles. The monoisotopic (exact) mass is 348 g/mol. The van der Waals surface area contributed by atoms with Crippen LogP contribution < -0.4 is 4.74 Å². The molecule has 6 nitrogen and oxygen atoms in total. The van der Waals surface area contributed by atoms with Gasteiger partial charge in [0.05, 0.1) is 13.0 Å². The first-order valence-corrected chi connectivity index (χ1v) is 8.28. The number of carboxylic acid groups (broad SMARTS) is 1. The van der Waals surface area contributed by atoms with Crippen LogP contribution in [0.4, 0.5) is 0 Å². The predicted octanol–water partition coefficient (Wildman–Crippen LogP) is 3.37. The molecule has 1 aliphatic rings. The van der Waals surface area contributed by atoms with Gasteiger partial charge in [0, 0.05) is 11.1 Å². The van der Waals surface area contributed by atoms with E-state index in [1.807, 2.05) is 26.8 Å². The smallest absolute Gasteiger partial charge is 0.342 e. The van der Waals surface area contributed by atoms with Crippen LogP contribution >= 0.6 is 0 Å². The molecule has 0 amide bonds. The number of phenols is 1. The summed E-state index contributed by atoms with van der Waals surface area (Å²) in [6, 6.07) is 0. The maximum atomic E-state index is 11.9. The second-order valence-corrected chi connectivity index (χ2v) is 6.32. The van der Waals surface area contributed by atoms with Gasteiger partial charge in [-0.25, -0.2) is 4.79 Å². The molecule has 0 saturated heterocycles. The van der Waals surface area contributed by atoms with E-state index in [1.54, 1.807) is 0 Å². The molecule has 0 aromatic heterocycles. The summed E-state index contributed by atoms with van der Waals surface area (Å²) >= 11 is 0. The molecular weight excluding hydrogens is 324 g/mol. The minimum absolute atomic E-state index is 0.116. The Morgan fingerprint density at radius 2 is 2.12 bits per heavy atom. The number of carbonyl (C=O) groups is 2. The minimum Gasteiger partial charge on any atom is -0.507 e. The zero-order valence-electron chi connectivity index (χ0n) is 15.0. The van der Waals surface area contributed by atoms with Crippen LogP contribution in [0, 0.1) is 12.8 Å². The highest BCUT2D eigenvalue weighted by Gasteiger charge is 2.31. The number of methoxy groups -OCH3 is 1. The van der Waals surface area contributed by atoms with Crippen molar-refractivity contribution in [2.45, 2.75) is 46.6 Å². The van der Waals surface area contributed by atoms with Gasteiger partial charge < -0.3 is 19.7 Å². The van der Waals surface area contributed by atoms with Gasteiger partial charge in [-0.05, 0) is 38.7 Å². The Balaban J connectivity index is 2.35. The van der Waals surface area contributed by atoms with Gasteiger partial charge in [-0.1, -0.05) is 18.6 Å². The van der Waals surface area contributed by atoms with Crippen LogP contribution in [0.25, 0.3) is 0 Å². The van der Waals surface area contributed by atoms with Crippen molar-refractivity contribution in [3.8, 4) is 11.5 Å². The fourth-order valence-electron chi connectivity index (χ4n) is 3.18. The molecule has 0 radical (unpaired) electrons. The summed E-state index contributed by atoms with van der Waals surface area (Å²) in [5.74, 6) is -1.36. The molecule has 1 atom stereocenters. The van der Waals surface area contributed by atoms with Crippen molar-refractivity contribution < 1.29 is 29.3 Å².